The summed E-state index contributed by atoms with van der Waals surface area (Å²) in [6, 6.07) is 0. The van der Waals surface area contributed by atoms with Crippen molar-refractivity contribution >= 4 is 7.12 Å². The van der Waals surface area contributed by atoms with Crippen LogP contribution in [0.15, 0.2) is 11.5 Å². The molecule has 0 aromatic heterocycles. The minimum Gasteiger partial charge on any atom is -0.404 e. The fourth-order valence-corrected chi connectivity index (χ4v) is 1.38. The third-order valence-corrected chi connectivity index (χ3v) is 2.04. The topological polar surface area (TPSA) is 27.7 Å². The molecule has 2 heterocycles. The lowest BCUT2D eigenvalue weighted by Gasteiger charge is -2.15. The molecule has 4 heteroatoms. The Morgan fingerprint density at radius 1 is 1.50 bits per heavy atom. The van der Waals surface area contributed by atoms with Crippen LogP contribution in [0.2, 0.25) is 0 Å². The van der Waals surface area contributed by atoms with Gasteiger partial charge in [0, 0.05) is 0 Å². The molecule has 0 spiro atoms. The average Bonchev–Trinajstić information content (AvgIpc) is 2.55. The number of rotatable bonds is 1. The molecule has 1 saturated heterocycles. The maximum atomic E-state index is 5.66. The largest absolute Gasteiger partial charge is 0.492 e. The van der Waals surface area contributed by atoms with Gasteiger partial charge >= 0.3 is 7.12 Å². The summed E-state index contributed by atoms with van der Waals surface area (Å²) < 4.78 is 16.3. The van der Waals surface area contributed by atoms with Crippen LogP contribution in [0.25, 0.3) is 0 Å². The van der Waals surface area contributed by atoms with Gasteiger partial charge in [-0.15, -0.1) is 0 Å². The van der Waals surface area contributed by atoms with E-state index in [0.29, 0.717) is 19.8 Å². The van der Waals surface area contributed by atoms with Crippen LogP contribution in [-0.2, 0) is 14.0 Å². The first kappa shape index (κ1) is 8.29. The van der Waals surface area contributed by atoms with E-state index in [1.54, 1.807) is 0 Å². The predicted molar refractivity (Wildman–Crippen MR) is 45.8 cm³/mol. The Morgan fingerprint density at radius 3 is 2.83 bits per heavy atom. The first-order valence-electron chi connectivity index (χ1n) is 4.23. The van der Waals surface area contributed by atoms with Gasteiger partial charge in [-0.2, -0.15) is 0 Å². The smallest absolute Gasteiger partial charge is 0.404 e. The van der Waals surface area contributed by atoms with Crippen LogP contribution in [0.3, 0.4) is 0 Å². The van der Waals surface area contributed by atoms with E-state index in [1.165, 1.54) is 0 Å². The van der Waals surface area contributed by atoms with Crippen LogP contribution < -0.4 is 0 Å². The van der Waals surface area contributed by atoms with Gasteiger partial charge in [-0.3, -0.25) is 0 Å². The van der Waals surface area contributed by atoms with Crippen LogP contribution >= 0.6 is 0 Å². The number of hydrogen-bond acceptors (Lipinski definition) is 3. The van der Waals surface area contributed by atoms with Crippen molar-refractivity contribution in [3.8, 4) is 0 Å². The van der Waals surface area contributed by atoms with Crippen molar-refractivity contribution in [2.24, 2.45) is 0 Å². The van der Waals surface area contributed by atoms with Gasteiger partial charge < -0.3 is 14.0 Å². The molecule has 2 aliphatic heterocycles. The third-order valence-electron chi connectivity index (χ3n) is 2.04. The summed E-state index contributed by atoms with van der Waals surface area (Å²) in [5.41, 5.74) is 0.981. The summed E-state index contributed by atoms with van der Waals surface area (Å²) in [6.45, 7) is 6.07. The number of ether oxygens (including phenoxy) is 1. The van der Waals surface area contributed by atoms with Crippen LogP contribution in [0.5, 0.6) is 0 Å². The molecule has 0 aromatic rings. The highest BCUT2D eigenvalue weighted by molar-refractivity contribution is 6.54. The highest BCUT2D eigenvalue weighted by Gasteiger charge is 2.39. The van der Waals surface area contributed by atoms with Gasteiger partial charge in [-0.1, -0.05) is 6.08 Å². The Labute approximate surface area is 72.8 Å². The average molecular weight is 168 g/mol. The minimum absolute atomic E-state index is 0.145. The fourth-order valence-electron chi connectivity index (χ4n) is 1.38. The molecule has 0 unspecified atom stereocenters. The Kier molecular flexibility index (Phi) is 1.98. The van der Waals surface area contributed by atoms with Crippen molar-refractivity contribution in [2.45, 2.75) is 19.4 Å². The molecule has 0 atom stereocenters. The molecule has 0 aliphatic carbocycles. The molecule has 1 fully saturated rings. The van der Waals surface area contributed by atoms with E-state index in [9.17, 15) is 0 Å². The first-order valence-corrected chi connectivity index (χ1v) is 4.23. The van der Waals surface area contributed by atoms with Crippen molar-refractivity contribution in [3.05, 3.63) is 11.5 Å². The molecule has 0 aromatic carbocycles. The zero-order chi connectivity index (χ0) is 8.60. The maximum Gasteiger partial charge on any atom is 0.492 e. The summed E-state index contributed by atoms with van der Waals surface area (Å²) in [5, 5.41) is 0. The van der Waals surface area contributed by atoms with Gasteiger partial charge in [0.25, 0.3) is 0 Å². The van der Waals surface area contributed by atoms with Crippen molar-refractivity contribution < 1.29 is 14.0 Å². The minimum atomic E-state index is -0.164. The molecule has 3 nitrogen and oxygen atoms in total. The van der Waals surface area contributed by atoms with Crippen LogP contribution in [0.4, 0.5) is 0 Å². The monoisotopic (exact) mass is 168 g/mol. The summed E-state index contributed by atoms with van der Waals surface area (Å²) >= 11 is 0. The van der Waals surface area contributed by atoms with Crippen LogP contribution in [0, 0.1) is 0 Å². The molecule has 0 N–H and O–H groups in total. The van der Waals surface area contributed by atoms with Gasteiger partial charge in [0.1, 0.15) is 0 Å². The molecular formula is C8H13BO3. The van der Waals surface area contributed by atoms with E-state index in [1.807, 2.05) is 19.9 Å². The van der Waals surface area contributed by atoms with Gasteiger partial charge in [-0.05, 0) is 19.3 Å². The van der Waals surface area contributed by atoms with E-state index < -0.39 is 0 Å². The highest BCUT2D eigenvalue weighted by atomic mass is 16.7. The van der Waals surface area contributed by atoms with E-state index in [4.69, 9.17) is 14.0 Å². The summed E-state index contributed by atoms with van der Waals surface area (Å²) in [4.78, 5) is 0. The van der Waals surface area contributed by atoms with Gasteiger partial charge in [-0.25, -0.2) is 0 Å². The lowest BCUT2D eigenvalue weighted by Crippen LogP contribution is -2.26. The maximum absolute atomic E-state index is 5.66. The molecule has 66 valence electrons. The normalized spacial score (nSPS) is 27.8. The van der Waals surface area contributed by atoms with E-state index in [2.05, 4.69) is 0 Å². The second-order valence-corrected chi connectivity index (χ2v) is 3.81. The quantitative estimate of drug-likeness (QED) is 0.542. The summed E-state index contributed by atoms with van der Waals surface area (Å²) in [7, 11) is -0.164. The lowest BCUT2D eigenvalue weighted by atomic mass is 9.79. The van der Waals surface area contributed by atoms with Crippen molar-refractivity contribution in [1.29, 1.82) is 0 Å². The third kappa shape index (κ3) is 1.55. The molecule has 12 heavy (non-hydrogen) atoms. The Bertz CT molecular complexity index is 212. The zero-order valence-corrected chi connectivity index (χ0v) is 7.50. The second-order valence-electron chi connectivity index (χ2n) is 3.81. The molecule has 0 amide bonds. The Morgan fingerprint density at radius 2 is 2.33 bits per heavy atom. The van der Waals surface area contributed by atoms with E-state index >= 15 is 0 Å². The molecule has 2 aliphatic rings. The molecule has 0 radical (unpaired) electrons. The Balaban J connectivity index is 1.99. The fraction of sp³-hybridized carbons (Fsp3) is 0.750. The van der Waals surface area contributed by atoms with Crippen molar-refractivity contribution in [3.63, 3.8) is 0 Å². The molecular weight excluding hydrogens is 155 g/mol. The van der Waals surface area contributed by atoms with Gasteiger partial charge in [0.2, 0.25) is 0 Å². The SMILES string of the molecule is CC1(C)COB(C2=CCOC2)O1. The number of hydrogen-bond donors (Lipinski definition) is 0. The summed E-state index contributed by atoms with van der Waals surface area (Å²) in [6.07, 6.45) is 2.03. The van der Waals surface area contributed by atoms with E-state index in [-0.39, 0.29) is 12.7 Å². The van der Waals surface area contributed by atoms with Gasteiger partial charge in [0.15, 0.2) is 0 Å². The highest BCUT2D eigenvalue weighted by Crippen LogP contribution is 2.24. The standard InChI is InChI=1S/C8H13BO3/c1-8(2)6-11-9(12-8)7-3-4-10-5-7/h3H,4-6H2,1-2H3. The zero-order valence-electron chi connectivity index (χ0n) is 7.50. The van der Waals surface area contributed by atoms with Crippen LogP contribution in [-0.4, -0.2) is 32.5 Å². The molecule has 0 bridgehead atoms. The second kappa shape index (κ2) is 2.87. The van der Waals surface area contributed by atoms with Gasteiger partial charge in [0.05, 0.1) is 25.4 Å². The van der Waals surface area contributed by atoms with Crippen LogP contribution in [0.1, 0.15) is 13.8 Å². The van der Waals surface area contributed by atoms with Crippen molar-refractivity contribution in [2.75, 3.05) is 19.8 Å². The van der Waals surface area contributed by atoms with E-state index in [0.717, 1.165) is 5.47 Å². The first-order chi connectivity index (χ1) is 5.67. The molecule has 2 rings (SSSR count). The summed E-state index contributed by atoms with van der Waals surface area (Å²) in [5.74, 6) is 0. The van der Waals surface area contributed by atoms with Crippen molar-refractivity contribution in [1.82, 2.24) is 0 Å². The molecule has 0 saturated carbocycles. The Hall–Kier alpha value is -0.315. The predicted octanol–water partition coefficient (Wildman–Crippen LogP) is 0.796. The lowest BCUT2D eigenvalue weighted by molar-refractivity contribution is 0.136.